The summed E-state index contributed by atoms with van der Waals surface area (Å²) in [4.78, 5) is 34.2. The van der Waals surface area contributed by atoms with E-state index in [1.807, 2.05) is 41.4 Å². The van der Waals surface area contributed by atoms with E-state index in [1.54, 1.807) is 25.2 Å². The van der Waals surface area contributed by atoms with Crippen molar-refractivity contribution in [1.82, 2.24) is 14.8 Å². The molecular formula is C27H35N3O3. The number of likely N-dealkylation sites (N-methyl/N-ethyl adjacent to an activating group) is 1. The fourth-order valence-electron chi connectivity index (χ4n) is 5.21. The van der Waals surface area contributed by atoms with Crippen molar-refractivity contribution in [3.8, 4) is 11.1 Å². The molecule has 1 saturated heterocycles. The molecule has 176 valence electrons. The van der Waals surface area contributed by atoms with Gasteiger partial charge in [0.05, 0.1) is 13.2 Å². The topological polar surface area (TPSA) is 62.7 Å². The van der Waals surface area contributed by atoms with Crippen LogP contribution < -0.4 is 0 Å². The fourth-order valence-corrected chi connectivity index (χ4v) is 5.21. The number of benzene rings is 1. The second-order valence-corrected chi connectivity index (χ2v) is 9.68. The normalized spacial score (nSPS) is 21.6. The number of aromatic nitrogens is 1. The van der Waals surface area contributed by atoms with Gasteiger partial charge in [0.1, 0.15) is 0 Å². The lowest BCUT2D eigenvalue weighted by Gasteiger charge is -2.43. The molecular weight excluding hydrogens is 414 g/mol. The number of rotatable bonds is 6. The zero-order valence-corrected chi connectivity index (χ0v) is 19.8. The molecule has 1 aliphatic heterocycles. The first-order chi connectivity index (χ1) is 16.0. The van der Waals surface area contributed by atoms with Crippen molar-refractivity contribution in [1.29, 1.82) is 0 Å². The van der Waals surface area contributed by atoms with Crippen LogP contribution in [0.2, 0.25) is 0 Å². The van der Waals surface area contributed by atoms with Crippen LogP contribution in [-0.2, 0) is 20.7 Å². The van der Waals surface area contributed by atoms with E-state index in [9.17, 15) is 9.59 Å². The molecule has 1 aliphatic carbocycles. The van der Waals surface area contributed by atoms with E-state index in [2.05, 4.69) is 11.1 Å². The highest BCUT2D eigenvalue weighted by Crippen LogP contribution is 2.30. The van der Waals surface area contributed by atoms with E-state index in [1.165, 1.54) is 19.3 Å². The number of carbonyl (C=O) groups is 2. The van der Waals surface area contributed by atoms with Gasteiger partial charge in [-0.1, -0.05) is 49.6 Å². The molecule has 2 heterocycles. The number of morpholine rings is 1. The minimum atomic E-state index is -1.07. The summed E-state index contributed by atoms with van der Waals surface area (Å²) in [6.07, 6.45) is 10.6. The molecule has 6 heteroatoms. The van der Waals surface area contributed by atoms with Gasteiger partial charge in [-0.3, -0.25) is 14.6 Å². The number of carbonyl (C=O) groups excluding carboxylic acids is 2. The molecule has 0 N–H and O–H groups in total. The number of pyridine rings is 1. The van der Waals surface area contributed by atoms with E-state index < -0.39 is 5.60 Å². The molecule has 2 fully saturated rings. The van der Waals surface area contributed by atoms with Gasteiger partial charge in [-0.2, -0.15) is 0 Å². The van der Waals surface area contributed by atoms with E-state index in [0.717, 1.165) is 29.5 Å². The standard InChI is InChI=1S/C27H35N3O3/c1-29(2)26(32)27(18-22-10-6-11-23(16-22)24-12-7-13-28-19-24)20-30(14-15-33-27)25(31)17-21-8-4-3-5-9-21/h6-7,10-13,16,19,21H,3-5,8-9,14-15,17-18,20H2,1-2H3/t27-/m0/s1. The lowest BCUT2D eigenvalue weighted by Crippen LogP contribution is -2.61. The van der Waals surface area contributed by atoms with Gasteiger partial charge in [-0.15, -0.1) is 0 Å². The highest BCUT2D eigenvalue weighted by molar-refractivity contribution is 5.87. The van der Waals surface area contributed by atoms with Crippen LogP contribution >= 0.6 is 0 Å². The van der Waals surface area contributed by atoms with Gasteiger partial charge in [0.15, 0.2) is 5.60 Å². The van der Waals surface area contributed by atoms with Crippen molar-refractivity contribution >= 4 is 11.8 Å². The highest BCUT2D eigenvalue weighted by Gasteiger charge is 2.46. The zero-order valence-electron chi connectivity index (χ0n) is 19.8. The predicted octanol–water partition coefficient (Wildman–Crippen LogP) is 3.95. The molecule has 0 unspecified atom stereocenters. The van der Waals surface area contributed by atoms with Crippen molar-refractivity contribution in [2.75, 3.05) is 33.8 Å². The summed E-state index contributed by atoms with van der Waals surface area (Å²) in [5, 5.41) is 0. The van der Waals surface area contributed by atoms with E-state index in [4.69, 9.17) is 4.74 Å². The van der Waals surface area contributed by atoms with Gasteiger partial charge in [0, 0.05) is 45.9 Å². The summed E-state index contributed by atoms with van der Waals surface area (Å²) in [6.45, 7) is 1.22. The average Bonchev–Trinajstić information content (AvgIpc) is 2.85. The molecule has 0 radical (unpaired) electrons. The average molecular weight is 450 g/mol. The van der Waals surface area contributed by atoms with Crippen molar-refractivity contribution in [3.05, 3.63) is 54.4 Å². The maximum absolute atomic E-state index is 13.4. The van der Waals surface area contributed by atoms with Crippen LogP contribution in [0.25, 0.3) is 11.1 Å². The Morgan fingerprint density at radius 1 is 1.12 bits per heavy atom. The molecule has 2 aromatic rings. The zero-order chi connectivity index (χ0) is 23.3. The SMILES string of the molecule is CN(C)C(=O)[C@]1(Cc2cccc(-c3cccnc3)c2)CN(C(=O)CC2CCCCC2)CCO1. The van der Waals surface area contributed by atoms with Crippen LogP contribution in [0.15, 0.2) is 48.8 Å². The minimum absolute atomic E-state index is 0.0931. The third-order valence-corrected chi connectivity index (χ3v) is 6.93. The van der Waals surface area contributed by atoms with Crippen LogP contribution in [0.1, 0.15) is 44.1 Å². The third-order valence-electron chi connectivity index (χ3n) is 6.93. The lowest BCUT2D eigenvalue weighted by atomic mass is 9.86. The Kier molecular flexibility index (Phi) is 7.43. The Morgan fingerprint density at radius 3 is 2.64 bits per heavy atom. The number of amides is 2. The minimum Gasteiger partial charge on any atom is -0.361 e. The number of nitrogens with zero attached hydrogens (tertiary/aromatic N) is 3. The Hall–Kier alpha value is -2.73. The van der Waals surface area contributed by atoms with Crippen LogP contribution in [0.5, 0.6) is 0 Å². The van der Waals surface area contributed by atoms with Gasteiger partial charge in [-0.05, 0) is 41.5 Å². The van der Waals surface area contributed by atoms with Crippen LogP contribution in [0.3, 0.4) is 0 Å². The second-order valence-electron chi connectivity index (χ2n) is 9.68. The Bertz CT molecular complexity index is 956. The van der Waals surface area contributed by atoms with Crippen molar-refractivity contribution in [2.24, 2.45) is 5.92 Å². The van der Waals surface area contributed by atoms with Crippen molar-refractivity contribution in [3.63, 3.8) is 0 Å². The molecule has 2 amide bonds. The molecule has 1 aromatic carbocycles. The molecule has 4 rings (SSSR count). The third kappa shape index (κ3) is 5.61. The lowest BCUT2D eigenvalue weighted by molar-refractivity contribution is -0.173. The van der Waals surface area contributed by atoms with Gasteiger partial charge >= 0.3 is 0 Å². The summed E-state index contributed by atoms with van der Waals surface area (Å²) in [5.74, 6) is 0.541. The molecule has 1 saturated carbocycles. The molecule has 6 nitrogen and oxygen atoms in total. The second kappa shape index (κ2) is 10.5. The van der Waals surface area contributed by atoms with Crippen LogP contribution in [0.4, 0.5) is 0 Å². The predicted molar refractivity (Wildman–Crippen MR) is 129 cm³/mol. The molecule has 1 aromatic heterocycles. The fraction of sp³-hybridized carbons (Fsp3) is 0.519. The van der Waals surface area contributed by atoms with Crippen molar-refractivity contribution in [2.45, 2.75) is 50.5 Å². The van der Waals surface area contributed by atoms with Gasteiger partial charge in [0.25, 0.3) is 5.91 Å². The summed E-state index contributed by atoms with van der Waals surface area (Å²) in [6, 6.07) is 12.1. The first-order valence-corrected chi connectivity index (χ1v) is 12.1. The highest BCUT2D eigenvalue weighted by atomic mass is 16.5. The molecule has 33 heavy (non-hydrogen) atoms. The first kappa shape index (κ1) is 23.4. The van der Waals surface area contributed by atoms with Gasteiger partial charge < -0.3 is 14.5 Å². The largest absolute Gasteiger partial charge is 0.361 e. The maximum Gasteiger partial charge on any atom is 0.256 e. The number of ether oxygens (including phenoxy) is 1. The smallest absolute Gasteiger partial charge is 0.256 e. The van der Waals surface area contributed by atoms with Crippen LogP contribution in [0, 0.1) is 5.92 Å². The Labute approximate surface area is 196 Å². The van der Waals surface area contributed by atoms with E-state index >= 15 is 0 Å². The summed E-state index contributed by atoms with van der Waals surface area (Å²) < 4.78 is 6.21. The number of hydrogen-bond acceptors (Lipinski definition) is 4. The molecule has 0 spiro atoms. The first-order valence-electron chi connectivity index (χ1n) is 12.1. The summed E-state index contributed by atoms with van der Waals surface area (Å²) in [5.41, 5.74) is 2.01. The van der Waals surface area contributed by atoms with E-state index in [0.29, 0.717) is 38.5 Å². The maximum atomic E-state index is 13.4. The van der Waals surface area contributed by atoms with Crippen molar-refractivity contribution < 1.29 is 14.3 Å². The molecule has 1 atom stereocenters. The number of hydrogen-bond donors (Lipinski definition) is 0. The van der Waals surface area contributed by atoms with E-state index in [-0.39, 0.29) is 11.8 Å². The quantitative estimate of drug-likeness (QED) is 0.670. The molecule has 0 bridgehead atoms. The van der Waals surface area contributed by atoms with Crippen LogP contribution in [-0.4, -0.2) is 66.0 Å². The molecule has 2 aliphatic rings. The summed E-state index contributed by atoms with van der Waals surface area (Å²) >= 11 is 0. The monoisotopic (exact) mass is 449 g/mol. The van der Waals surface area contributed by atoms with Gasteiger partial charge in [-0.25, -0.2) is 0 Å². The summed E-state index contributed by atoms with van der Waals surface area (Å²) in [7, 11) is 3.50. The van der Waals surface area contributed by atoms with Gasteiger partial charge in [0.2, 0.25) is 5.91 Å². The Morgan fingerprint density at radius 2 is 1.91 bits per heavy atom. The Balaban J connectivity index is 1.55.